The summed E-state index contributed by atoms with van der Waals surface area (Å²) < 4.78 is 0. The first-order valence-corrected chi connectivity index (χ1v) is 6.25. The SMILES string of the molecule is N#Cc1ccc(CCN2CCNCC2=O)cc1Cl. The topological polar surface area (TPSA) is 56.1 Å². The van der Waals surface area contributed by atoms with E-state index in [-0.39, 0.29) is 5.91 Å². The summed E-state index contributed by atoms with van der Waals surface area (Å²) >= 11 is 5.97. The van der Waals surface area contributed by atoms with E-state index in [4.69, 9.17) is 16.9 Å². The van der Waals surface area contributed by atoms with Crippen molar-refractivity contribution in [2.75, 3.05) is 26.2 Å². The molecule has 1 N–H and O–H groups in total. The molecule has 0 radical (unpaired) electrons. The van der Waals surface area contributed by atoms with Crippen LogP contribution in [0.15, 0.2) is 18.2 Å². The van der Waals surface area contributed by atoms with Crippen LogP contribution in [0, 0.1) is 11.3 Å². The summed E-state index contributed by atoms with van der Waals surface area (Å²) in [5.74, 6) is 0.140. The highest BCUT2D eigenvalue weighted by Crippen LogP contribution is 2.17. The maximum atomic E-state index is 11.6. The molecule has 1 saturated heterocycles. The van der Waals surface area contributed by atoms with Crippen LogP contribution in [0.2, 0.25) is 5.02 Å². The van der Waals surface area contributed by atoms with Gasteiger partial charge in [-0.15, -0.1) is 0 Å². The molecule has 94 valence electrons. The molecule has 1 heterocycles. The van der Waals surface area contributed by atoms with Crippen molar-refractivity contribution < 1.29 is 4.79 Å². The average molecular weight is 264 g/mol. The smallest absolute Gasteiger partial charge is 0.236 e. The summed E-state index contributed by atoms with van der Waals surface area (Å²) in [5.41, 5.74) is 1.53. The number of amides is 1. The van der Waals surface area contributed by atoms with Crippen LogP contribution in [0.5, 0.6) is 0 Å². The van der Waals surface area contributed by atoms with Crippen LogP contribution in [0.25, 0.3) is 0 Å². The van der Waals surface area contributed by atoms with E-state index < -0.39 is 0 Å². The predicted molar refractivity (Wildman–Crippen MR) is 69.3 cm³/mol. The van der Waals surface area contributed by atoms with E-state index in [1.54, 1.807) is 12.1 Å². The highest BCUT2D eigenvalue weighted by molar-refractivity contribution is 6.31. The van der Waals surface area contributed by atoms with Gasteiger partial charge in [-0.25, -0.2) is 0 Å². The summed E-state index contributed by atoms with van der Waals surface area (Å²) in [4.78, 5) is 13.4. The Morgan fingerprint density at radius 3 is 3.00 bits per heavy atom. The molecule has 1 fully saturated rings. The van der Waals surface area contributed by atoms with Crippen molar-refractivity contribution in [3.8, 4) is 6.07 Å². The third kappa shape index (κ3) is 3.00. The van der Waals surface area contributed by atoms with Crippen LogP contribution in [-0.2, 0) is 11.2 Å². The van der Waals surface area contributed by atoms with E-state index in [1.807, 2.05) is 17.0 Å². The highest BCUT2D eigenvalue weighted by atomic mass is 35.5. The number of halogens is 1. The lowest BCUT2D eigenvalue weighted by Gasteiger charge is -2.27. The van der Waals surface area contributed by atoms with Gasteiger partial charge in [0, 0.05) is 19.6 Å². The molecule has 1 aromatic rings. The zero-order valence-corrected chi connectivity index (χ0v) is 10.7. The van der Waals surface area contributed by atoms with Gasteiger partial charge in [0.15, 0.2) is 0 Å². The van der Waals surface area contributed by atoms with Gasteiger partial charge < -0.3 is 10.2 Å². The minimum atomic E-state index is 0.140. The number of nitriles is 1. The zero-order valence-electron chi connectivity index (χ0n) is 9.95. The van der Waals surface area contributed by atoms with Gasteiger partial charge in [-0.1, -0.05) is 17.7 Å². The van der Waals surface area contributed by atoms with Gasteiger partial charge in [0.1, 0.15) is 6.07 Å². The summed E-state index contributed by atoms with van der Waals surface area (Å²) in [5, 5.41) is 12.3. The Kier molecular flexibility index (Phi) is 4.19. The normalized spacial score (nSPS) is 15.6. The lowest BCUT2D eigenvalue weighted by Crippen LogP contribution is -2.48. The van der Waals surface area contributed by atoms with Gasteiger partial charge in [-0.2, -0.15) is 5.26 Å². The number of benzene rings is 1. The third-order valence-corrected chi connectivity index (χ3v) is 3.32. The molecule has 0 aromatic heterocycles. The molecule has 1 amide bonds. The molecule has 0 spiro atoms. The Labute approximate surface area is 111 Å². The highest BCUT2D eigenvalue weighted by Gasteiger charge is 2.16. The Bertz CT molecular complexity index is 495. The molecule has 18 heavy (non-hydrogen) atoms. The molecule has 0 unspecified atom stereocenters. The summed E-state index contributed by atoms with van der Waals surface area (Å²) in [6.45, 7) is 2.72. The van der Waals surface area contributed by atoms with Crippen LogP contribution in [-0.4, -0.2) is 37.0 Å². The van der Waals surface area contributed by atoms with Crippen molar-refractivity contribution in [3.63, 3.8) is 0 Å². The van der Waals surface area contributed by atoms with Crippen molar-refractivity contribution in [3.05, 3.63) is 34.3 Å². The van der Waals surface area contributed by atoms with Crippen LogP contribution in [0.1, 0.15) is 11.1 Å². The number of rotatable bonds is 3. The quantitative estimate of drug-likeness (QED) is 0.891. The van der Waals surface area contributed by atoms with Gasteiger partial charge in [-0.3, -0.25) is 4.79 Å². The van der Waals surface area contributed by atoms with Crippen LogP contribution < -0.4 is 5.32 Å². The molecule has 1 aliphatic heterocycles. The molecule has 0 aliphatic carbocycles. The predicted octanol–water partition coefficient (Wildman–Crippen LogP) is 1.19. The van der Waals surface area contributed by atoms with E-state index in [9.17, 15) is 4.79 Å². The molecule has 1 aliphatic rings. The molecule has 5 heteroatoms. The van der Waals surface area contributed by atoms with E-state index in [1.165, 1.54) is 0 Å². The van der Waals surface area contributed by atoms with E-state index in [0.29, 0.717) is 23.7 Å². The van der Waals surface area contributed by atoms with Crippen LogP contribution >= 0.6 is 11.6 Å². The van der Waals surface area contributed by atoms with Crippen LogP contribution in [0.4, 0.5) is 0 Å². The standard InChI is InChI=1S/C13H14ClN3O/c14-12-7-10(1-2-11(12)8-15)3-5-17-6-4-16-9-13(17)18/h1-2,7,16H,3-6,9H2. The Morgan fingerprint density at radius 2 is 2.33 bits per heavy atom. The number of nitrogens with one attached hydrogen (secondary N) is 1. The van der Waals surface area contributed by atoms with Gasteiger partial charge in [0.25, 0.3) is 0 Å². The Hall–Kier alpha value is -1.57. The number of hydrogen-bond donors (Lipinski definition) is 1. The summed E-state index contributed by atoms with van der Waals surface area (Å²) in [7, 11) is 0. The molecule has 4 nitrogen and oxygen atoms in total. The summed E-state index contributed by atoms with van der Waals surface area (Å²) in [6, 6.07) is 7.43. The molecule has 0 atom stereocenters. The maximum absolute atomic E-state index is 11.6. The van der Waals surface area contributed by atoms with E-state index in [0.717, 1.165) is 25.1 Å². The van der Waals surface area contributed by atoms with Gasteiger partial charge in [0.05, 0.1) is 17.1 Å². The fourth-order valence-corrected chi connectivity index (χ4v) is 2.20. The molecular formula is C13H14ClN3O. The number of nitrogens with zero attached hydrogens (tertiary/aromatic N) is 2. The second-order valence-corrected chi connectivity index (χ2v) is 4.64. The van der Waals surface area contributed by atoms with E-state index >= 15 is 0 Å². The number of piperazine rings is 1. The monoisotopic (exact) mass is 263 g/mol. The van der Waals surface area contributed by atoms with Crippen molar-refractivity contribution >= 4 is 17.5 Å². The van der Waals surface area contributed by atoms with Gasteiger partial charge in [0.2, 0.25) is 5.91 Å². The van der Waals surface area contributed by atoms with Gasteiger partial charge in [-0.05, 0) is 24.1 Å². The summed E-state index contributed by atoms with van der Waals surface area (Å²) in [6.07, 6.45) is 0.761. The van der Waals surface area contributed by atoms with Crippen LogP contribution in [0.3, 0.4) is 0 Å². The molecular weight excluding hydrogens is 250 g/mol. The third-order valence-electron chi connectivity index (χ3n) is 3.01. The fraction of sp³-hybridized carbons (Fsp3) is 0.385. The maximum Gasteiger partial charge on any atom is 0.236 e. The van der Waals surface area contributed by atoms with Crippen molar-refractivity contribution in [1.29, 1.82) is 5.26 Å². The van der Waals surface area contributed by atoms with Crippen molar-refractivity contribution in [2.24, 2.45) is 0 Å². The van der Waals surface area contributed by atoms with Gasteiger partial charge >= 0.3 is 0 Å². The Balaban J connectivity index is 1.96. The molecule has 2 rings (SSSR count). The number of hydrogen-bond acceptors (Lipinski definition) is 3. The zero-order chi connectivity index (χ0) is 13.0. The van der Waals surface area contributed by atoms with Crippen molar-refractivity contribution in [2.45, 2.75) is 6.42 Å². The first kappa shape index (κ1) is 12.9. The van der Waals surface area contributed by atoms with E-state index in [2.05, 4.69) is 5.32 Å². The average Bonchev–Trinajstić information content (AvgIpc) is 2.38. The number of carbonyl (C=O) groups is 1. The minimum absolute atomic E-state index is 0.140. The first-order valence-electron chi connectivity index (χ1n) is 5.88. The second-order valence-electron chi connectivity index (χ2n) is 4.23. The lowest BCUT2D eigenvalue weighted by molar-refractivity contribution is -0.131. The molecule has 0 bridgehead atoms. The largest absolute Gasteiger partial charge is 0.340 e. The number of carbonyl (C=O) groups excluding carboxylic acids is 1. The minimum Gasteiger partial charge on any atom is -0.340 e. The first-order chi connectivity index (χ1) is 8.70. The molecule has 0 saturated carbocycles. The van der Waals surface area contributed by atoms with Crippen molar-refractivity contribution in [1.82, 2.24) is 10.2 Å². The fourth-order valence-electron chi connectivity index (χ4n) is 1.95. The second kappa shape index (κ2) is 5.85. The Morgan fingerprint density at radius 1 is 1.50 bits per heavy atom. The molecule has 1 aromatic carbocycles. The lowest BCUT2D eigenvalue weighted by atomic mass is 10.1.